The average Bonchev–Trinajstić information content (AvgIpc) is 3.66. The number of nitrogens with one attached hydrogen (secondary N) is 3. The van der Waals surface area contributed by atoms with E-state index in [9.17, 15) is 22.8 Å². The third kappa shape index (κ3) is 6.58. The molecule has 0 aliphatic heterocycles. The number of urea groups is 1. The van der Waals surface area contributed by atoms with E-state index in [1.165, 1.54) is 29.3 Å². The summed E-state index contributed by atoms with van der Waals surface area (Å²) in [7, 11) is -0.313. The molecule has 3 amide bonds. The van der Waals surface area contributed by atoms with E-state index >= 15 is 0 Å². The monoisotopic (exact) mass is 628 g/mol. The van der Waals surface area contributed by atoms with Crippen molar-refractivity contribution in [2.45, 2.75) is 56.3 Å². The van der Waals surface area contributed by atoms with Crippen LogP contribution in [0.15, 0.2) is 68.7 Å². The number of amides is 3. The predicted octanol–water partition coefficient (Wildman–Crippen LogP) is 4.25. The van der Waals surface area contributed by atoms with Crippen molar-refractivity contribution in [3.63, 3.8) is 0 Å². The Hall–Kier alpha value is -4.64. The first-order valence-corrected chi connectivity index (χ1v) is 16.7. The Morgan fingerprint density at radius 2 is 1.58 bits per heavy atom. The maximum atomic E-state index is 13.0. The number of rotatable bonds is 9. The number of carbonyl (C=O) groups is 2. The van der Waals surface area contributed by atoms with Crippen LogP contribution in [0.3, 0.4) is 0 Å². The Kier molecular flexibility index (Phi) is 8.37. The number of hydrogen-bond donors (Lipinski definition) is 3. The fourth-order valence-electron chi connectivity index (χ4n) is 6.35. The molecule has 0 bridgehead atoms. The summed E-state index contributed by atoms with van der Waals surface area (Å²) in [5.74, 6) is -0.248. The molecule has 0 fully saturated rings. The topological polar surface area (TPSA) is 138 Å². The third-order valence-corrected chi connectivity index (χ3v) is 9.94. The van der Waals surface area contributed by atoms with E-state index < -0.39 is 21.7 Å². The molecule has 10 nitrogen and oxygen atoms in total. The van der Waals surface area contributed by atoms with Crippen molar-refractivity contribution in [2.24, 2.45) is 0 Å². The zero-order valence-electron chi connectivity index (χ0n) is 25.4. The number of nitrogens with zero attached hydrogens (tertiary/aromatic N) is 1. The van der Waals surface area contributed by atoms with E-state index in [4.69, 9.17) is 4.42 Å². The number of benzene rings is 3. The van der Waals surface area contributed by atoms with Gasteiger partial charge in [0.25, 0.3) is 10.0 Å². The molecule has 2 aliphatic rings. The van der Waals surface area contributed by atoms with Gasteiger partial charge in [0.15, 0.2) is 0 Å². The van der Waals surface area contributed by atoms with E-state index in [-0.39, 0.29) is 17.2 Å². The highest BCUT2D eigenvalue weighted by atomic mass is 32.2. The first-order chi connectivity index (χ1) is 21.6. The molecule has 6 rings (SSSR count). The van der Waals surface area contributed by atoms with Gasteiger partial charge in [-0.2, -0.15) is 0 Å². The van der Waals surface area contributed by atoms with Crippen LogP contribution >= 0.6 is 0 Å². The Balaban J connectivity index is 1.04. The highest BCUT2D eigenvalue weighted by molar-refractivity contribution is 7.90. The van der Waals surface area contributed by atoms with E-state index in [0.717, 1.165) is 66.6 Å². The van der Waals surface area contributed by atoms with Crippen LogP contribution < -0.4 is 25.9 Å². The summed E-state index contributed by atoms with van der Waals surface area (Å²) in [6.07, 6.45) is 6.27. The number of aryl methyl sites for hydroxylation is 2. The van der Waals surface area contributed by atoms with E-state index in [2.05, 4.69) is 21.4 Å². The van der Waals surface area contributed by atoms with E-state index in [1.807, 2.05) is 31.1 Å². The van der Waals surface area contributed by atoms with E-state index in [1.54, 1.807) is 18.2 Å². The van der Waals surface area contributed by atoms with Crippen LogP contribution in [0.4, 0.5) is 16.2 Å². The lowest BCUT2D eigenvalue weighted by atomic mass is 9.99. The highest BCUT2D eigenvalue weighted by Gasteiger charge is 2.26. The number of sulfonamides is 1. The van der Waals surface area contributed by atoms with Crippen molar-refractivity contribution in [1.29, 1.82) is 0 Å². The number of hydrogen-bond acceptors (Lipinski definition) is 7. The van der Waals surface area contributed by atoms with Crippen molar-refractivity contribution in [2.75, 3.05) is 30.9 Å². The molecule has 1 heterocycles. The quantitative estimate of drug-likeness (QED) is 0.236. The standard InChI is InChI=1S/C34H36N4O6S/c1-38(2)25-11-14-27-24(19-32(40)44-30(27)20-25)18-31(39)35-16-15-21-9-12-26(13-10-21)45(42,43)37-34(41)36-33-28-7-3-5-22(28)17-23-6-4-8-29(23)33/h9-14,17,19-20H,3-8,15-16,18H2,1-2H3,(H,35,39)(H2,36,37,41). The number of anilines is 2. The Morgan fingerprint density at radius 1 is 0.889 bits per heavy atom. The van der Waals surface area contributed by atoms with Gasteiger partial charge in [0.05, 0.1) is 11.3 Å². The fourth-order valence-corrected chi connectivity index (χ4v) is 7.25. The molecule has 0 spiro atoms. The Morgan fingerprint density at radius 3 is 2.24 bits per heavy atom. The predicted molar refractivity (Wildman–Crippen MR) is 174 cm³/mol. The summed E-state index contributed by atoms with van der Waals surface area (Å²) in [5, 5.41) is 6.42. The van der Waals surface area contributed by atoms with Gasteiger partial charge in [-0.1, -0.05) is 18.2 Å². The van der Waals surface area contributed by atoms with Crippen LogP contribution in [0.1, 0.15) is 46.2 Å². The van der Waals surface area contributed by atoms with Crippen molar-refractivity contribution in [3.8, 4) is 0 Å². The van der Waals surface area contributed by atoms with Gasteiger partial charge >= 0.3 is 11.7 Å². The lowest BCUT2D eigenvalue weighted by Crippen LogP contribution is -2.35. The molecule has 3 N–H and O–H groups in total. The minimum atomic E-state index is -4.09. The van der Waals surface area contributed by atoms with Crippen molar-refractivity contribution >= 4 is 44.3 Å². The molecular formula is C34H36N4O6S. The Bertz CT molecular complexity index is 1930. The molecule has 0 unspecified atom stereocenters. The molecule has 0 saturated heterocycles. The molecule has 0 atom stereocenters. The SMILES string of the molecule is CN(C)c1ccc2c(CC(=O)NCCc3ccc(S(=O)(=O)NC(=O)Nc4c5c(cc6c4CCC6)CCC5)cc3)cc(=O)oc2c1. The van der Waals surface area contributed by atoms with Crippen LogP contribution in [0.5, 0.6) is 0 Å². The third-order valence-electron chi connectivity index (χ3n) is 8.59. The summed E-state index contributed by atoms with van der Waals surface area (Å²) in [6, 6.07) is 14.5. The molecule has 3 aromatic carbocycles. The molecule has 234 valence electrons. The molecule has 4 aromatic rings. The van der Waals surface area contributed by atoms with Crippen molar-refractivity contribution in [3.05, 3.63) is 98.4 Å². The fraction of sp³-hybridized carbons (Fsp3) is 0.324. The van der Waals surface area contributed by atoms with Gasteiger partial charge in [0, 0.05) is 49.5 Å². The summed E-state index contributed by atoms with van der Waals surface area (Å²) in [5.41, 5.74) is 7.71. The van der Waals surface area contributed by atoms with Gasteiger partial charge < -0.3 is 20.0 Å². The van der Waals surface area contributed by atoms with Crippen molar-refractivity contribution in [1.82, 2.24) is 10.0 Å². The number of fused-ring (bicyclic) bond motifs is 3. The molecule has 45 heavy (non-hydrogen) atoms. The molecule has 11 heteroatoms. The van der Waals surface area contributed by atoms with Gasteiger partial charge in [-0.3, -0.25) is 4.79 Å². The van der Waals surface area contributed by atoms with Gasteiger partial charge in [-0.25, -0.2) is 22.7 Å². The minimum absolute atomic E-state index is 0.0168. The first kappa shape index (κ1) is 30.4. The summed E-state index contributed by atoms with van der Waals surface area (Å²) >= 11 is 0. The zero-order chi connectivity index (χ0) is 31.7. The minimum Gasteiger partial charge on any atom is -0.423 e. The van der Waals surface area contributed by atoms with Gasteiger partial charge in [0.2, 0.25) is 5.91 Å². The van der Waals surface area contributed by atoms with Crippen LogP contribution in [0.2, 0.25) is 0 Å². The second-order valence-electron chi connectivity index (χ2n) is 11.9. The molecular weight excluding hydrogens is 592 g/mol. The van der Waals surface area contributed by atoms with Crippen LogP contribution in [0.25, 0.3) is 11.0 Å². The van der Waals surface area contributed by atoms with Gasteiger partial charge in [-0.15, -0.1) is 0 Å². The van der Waals surface area contributed by atoms with Gasteiger partial charge in [-0.05, 0) is 103 Å². The lowest BCUT2D eigenvalue weighted by molar-refractivity contribution is -0.120. The van der Waals surface area contributed by atoms with Crippen LogP contribution in [-0.2, 0) is 53.3 Å². The summed E-state index contributed by atoms with van der Waals surface area (Å²) < 4.78 is 33.5. The Labute approximate surface area is 261 Å². The summed E-state index contributed by atoms with van der Waals surface area (Å²) in [6.45, 7) is 0.321. The van der Waals surface area contributed by atoms with Crippen LogP contribution in [0, 0.1) is 0 Å². The average molecular weight is 629 g/mol. The molecule has 2 aliphatic carbocycles. The lowest BCUT2D eigenvalue weighted by Gasteiger charge is -2.16. The van der Waals surface area contributed by atoms with Gasteiger partial charge in [0.1, 0.15) is 5.58 Å². The van der Waals surface area contributed by atoms with Crippen LogP contribution in [-0.4, -0.2) is 41.0 Å². The maximum absolute atomic E-state index is 13.0. The zero-order valence-corrected chi connectivity index (χ0v) is 26.2. The van der Waals surface area contributed by atoms with Crippen molar-refractivity contribution < 1.29 is 22.4 Å². The first-order valence-electron chi connectivity index (χ1n) is 15.2. The maximum Gasteiger partial charge on any atom is 0.336 e. The largest absolute Gasteiger partial charge is 0.423 e. The second-order valence-corrected chi connectivity index (χ2v) is 13.6. The van der Waals surface area contributed by atoms with E-state index in [0.29, 0.717) is 29.5 Å². The molecule has 1 aromatic heterocycles. The molecule has 0 saturated carbocycles. The second kappa shape index (κ2) is 12.4. The normalized spacial score (nSPS) is 13.7. The number of carbonyl (C=O) groups excluding carboxylic acids is 2. The smallest absolute Gasteiger partial charge is 0.336 e. The highest BCUT2D eigenvalue weighted by Crippen LogP contribution is 2.38. The molecule has 0 radical (unpaired) electrons. The summed E-state index contributed by atoms with van der Waals surface area (Å²) in [4.78, 5) is 39.5.